The highest BCUT2D eigenvalue weighted by atomic mass is 16.5. The third-order valence-electron chi connectivity index (χ3n) is 8.45. The number of piperazine rings is 1. The van der Waals surface area contributed by atoms with E-state index in [1.54, 1.807) is 0 Å². The lowest BCUT2D eigenvalue weighted by molar-refractivity contribution is -0.159. The molecule has 0 bridgehead atoms. The van der Waals surface area contributed by atoms with Crippen LogP contribution in [0.3, 0.4) is 0 Å². The summed E-state index contributed by atoms with van der Waals surface area (Å²) in [6.45, 7) is 5.70. The standard InChI is InChI=1S/C23H38N4O3/c28-22(26-9-11-27(12-10-26)23(29)21-7-13-30-21)17-5-3-16(4-6-17)18-14-20-19(25-15-18)2-1-8-24-20/h16-21,24-25H,1-15H2. The molecule has 2 amide bonds. The van der Waals surface area contributed by atoms with Crippen molar-refractivity contribution in [1.29, 1.82) is 0 Å². The number of fused-ring (bicyclic) bond motifs is 1. The van der Waals surface area contributed by atoms with E-state index in [4.69, 9.17) is 4.74 Å². The van der Waals surface area contributed by atoms with Crippen molar-refractivity contribution in [2.45, 2.75) is 69.6 Å². The minimum Gasteiger partial charge on any atom is -0.368 e. The molecule has 30 heavy (non-hydrogen) atoms. The second kappa shape index (κ2) is 9.13. The van der Waals surface area contributed by atoms with Crippen molar-refractivity contribution in [3.8, 4) is 0 Å². The summed E-state index contributed by atoms with van der Waals surface area (Å²) in [5, 5.41) is 7.53. The van der Waals surface area contributed by atoms with E-state index in [0.29, 0.717) is 50.8 Å². The Balaban J connectivity index is 1.06. The Morgan fingerprint density at radius 3 is 2.13 bits per heavy atom. The Kier molecular flexibility index (Phi) is 6.30. The number of nitrogens with one attached hydrogen (secondary N) is 2. The molecule has 5 aliphatic rings. The number of piperidine rings is 2. The van der Waals surface area contributed by atoms with Crippen LogP contribution in [0.1, 0.15) is 51.4 Å². The molecule has 0 aromatic carbocycles. The quantitative estimate of drug-likeness (QED) is 0.715. The van der Waals surface area contributed by atoms with Crippen LogP contribution in [0.2, 0.25) is 0 Å². The van der Waals surface area contributed by atoms with Gasteiger partial charge in [-0.1, -0.05) is 0 Å². The van der Waals surface area contributed by atoms with E-state index >= 15 is 0 Å². The van der Waals surface area contributed by atoms with Gasteiger partial charge in [0, 0.05) is 50.6 Å². The Morgan fingerprint density at radius 1 is 0.767 bits per heavy atom. The van der Waals surface area contributed by atoms with Gasteiger partial charge in [0.2, 0.25) is 5.91 Å². The van der Waals surface area contributed by atoms with Gasteiger partial charge in [0.05, 0.1) is 6.61 Å². The maximum atomic E-state index is 13.1. The van der Waals surface area contributed by atoms with Crippen LogP contribution in [0.4, 0.5) is 0 Å². The molecule has 5 fully saturated rings. The van der Waals surface area contributed by atoms with Crippen LogP contribution in [-0.4, -0.2) is 85.7 Å². The lowest BCUT2D eigenvalue weighted by atomic mass is 9.71. The maximum absolute atomic E-state index is 13.1. The number of ether oxygens (including phenoxy) is 1. The molecule has 0 spiro atoms. The van der Waals surface area contributed by atoms with Gasteiger partial charge in [-0.3, -0.25) is 9.59 Å². The van der Waals surface area contributed by atoms with Crippen molar-refractivity contribution < 1.29 is 14.3 Å². The molecule has 1 saturated carbocycles. The van der Waals surface area contributed by atoms with E-state index < -0.39 is 0 Å². The van der Waals surface area contributed by atoms with Gasteiger partial charge in [0.15, 0.2) is 0 Å². The minimum atomic E-state index is -0.226. The van der Waals surface area contributed by atoms with Crippen molar-refractivity contribution in [2.24, 2.45) is 17.8 Å². The van der Waals surface area contributed by atoms with Gasteiger partial charge in [-0.2, -0.15) is 0 Å². The summed E-state index contributed by atoms with van der Waals surface area (Å²) in [7, 11) is 0. The lowest BCUT2D eigenvalue weighted by Gasteiger charge is -2.45. The lowest BCUT2D eigenvalue weighted by Crippen LogP contribution is -2.58. The van der Waals surface area contributed by atoms with Crippen LogP contribution in [0.15, 0.2) is 0 Å². The third kappa shape index (κ3) is 4.26. The molecule has 0 aromatic rings. The molecule has 0 aromatic heterocycles. The predicted octanol–water partition coefficient (Wildman–Crippen LogP) is 0.983. The number of amides is 2. The van der Waals surface area contributed by atoms with Crippen LogP contribution in [0.5, 0.6) is 0 Å². The molecule has 4 saturated heterocycles. The zero-order valence-corrected chi connectivity index (χ0v) is 18.2. The molecule has 0 radical (unpaired) electrons. The molecular weight excluding hydrogens is 380 g/mol. The highest BCUT2D eigenvalue weighted by Crippen LogP contribution is 2.38. The van der Waals surface area contributed by atoms with E-state index in [9.17, 15) is 9.59 Å². The first-order chi connectivity index (χ1) is 14.7. The van der Waals surface area contributed by atoms with Crippen LogP contribution < -0.4 is 10.6 Å². The van der Waals surface area contributed by atoms with Crippen LogP contribution >= 0.6 is 0 Å². The Morgan fingerprint density at radius 2 is 1.47 bits per heavy atom. The molecule has 168 valence electrons. The van der Waals surface area contributed by atoms with E-state index in [1.165, 1.54) is 38.6 Å². The highest BCUT2D eigenvalue weighted by Gasteiger charge is 2.39. The minimum absolute atomic E-state index is 0.115. The molecule has 4 heterocycles. The van der Waals surface area contributed by atoms with Gasteiger partial charge in [-0.25, -0.2) is 0 Å². The van der Waals surface area contributed by atoms with Crippen molar-refractivity contribution >= 4 is 11.8 Å². The molecular formula is C23H38N4O3. The molecule has 1 aliphatic carbocycles. The van der Waals surface area contributed by atoms with Crippen LogP contribution in [0, 0.1) is 17.8 Å². The van der Waals surface area contributed by atoms with Gasteiger partial charge in [0.25, 0.3) is 5.91 Å². The number of carbonyl (C=O) groups excluding carboxylic acids is 2. The molecule has 7 heteroatoms. The second-order valence-electron chi connectivity index (χ2n) is 10.1. The zero-order valence-electron chi connectivity index (χ0n) is 18.2. The smallest absolute Gasteiger partial charge is 0.251 e. The van der Waals surface area contributed by atoms with Crippen molar-refractivity contribution in [3.05, 3.63) is 0 Å². The summed E-state index contributed by atoms with van der Waals surface area (Å²) in [5.74, 6) is 2.16. The average Bonchev–Trinajstić information content (AvgIpc) is 2.77. The molecule has 4 unspecified atom stereocenters. The van der Waals surface area contributed by atoms with E-state index in [2.05, 4.69) is 10.6 Å². The summed E-state index contributed by atoms with van der Waals surface area (Å²) in [6.07, 6.45) is 9.00. The predicted molar refractivity (Wildman–Crippen MR) is 114 cm³/mol. The molecule has 5 rings (SSSR count). The van der Waals surface area contributed by atoms with Crippen molar-refractivity contribution in [2.75, 3.05) is 45.9 Å². The summed E-state index contributed by atoms with van der Waals surface area (Å²) >= 11 is 0. The number of hydrogen-bond donors (Lipinski definition) is 2. The first kappa shape index (κ1) is 20.7. The third-order valence-corrected chi connectivity index (χ3v) is 8.45. The normalized spacial score (nSPS) is 39.7. The van der Waals surface area contributed by atoms with E-state index in [1.807, 2.05) is 9.80 Å². The molecule has 4 aliphatic heterocycles. The van der Waals surface area contributed by atoms with Gasteiger partial charge >= 0.3 is 0 Å². The fourth-order valence-electron chi connectivity index (χ4n) is 6.39. The number of carbonyl (C=O) groups is 2. The number of hydrogen-bond acceptors (Lipinski definition) is 5. The molecule has 4 atom stereocenters. The van der Waals surface area contributed by atoms with Crippen LogP contribution in [-0.2, 0) is 14.3 Å². The fourth-order valence-corrected chi connectivity index (χ4v) is 6.39. The van der Waals surface area contributed by atoms with Crippen molar-refractivity contribution in [3.63, 3.8) is 0 Å². The van der Waals surface area contributed by atoms with Gasteiger partial charge in [0.1, 0.15) is 6.10 Å². The fraction of sp³-hybridized carbons (Fsp3) is 0.913. The average molecular weight is 419 g/mol. The topological polar surface area (TPSA) is 73.9 Å². The van der Waals surface area contributed by atoms with E-state index in [-0.39, 0.29) is 17.9 Å². The van der Waals surface area contributed by atoms with Gasteiger partial charge < -0.3 is 25.2 Å². The Bertz CT molecular complexity index is 624. The monoisotopic (exact) mass is 418 g/mol. The molecule has 7 nitrogen and oxygen atoms in total. The van der Waals surface area contributed by atoms with Gasteiger partial charge in [-0.15, -0.1) is 0 Å². The number of nitrogens with zero attached hydrogens (tertiary/aromatic N) is 2. The van der Waals surface area contributed by atoms with E-state index in [0.717, 1.165) is 37.6 Å². The van der Waals surface area contributed by atoms with Gasteiger partial charge in [-0.05, 0) is 69.9 Å². The first-order valence-electron chi connectivity index (χ1n) is 12.3. The van der Waals surface area contributed by atoms with Crippen molar-refractivity contribution in [1.82, 2.24) is 20.4 Å². The summed E-state index contributed by atoms with van der Waals surface area (Å²) in [6, 6.07) is 1.33. The zero-order chi connectivity index (χ0) is 20.5. The Labute approximate surface area is 180 Å². The first-order valence-corrected chi connectivity index (χ1v) is 12.3. The number of rotatable bonds is 3. The summed E-state index contributed by atoms with van der Waals surface area (Å²) in [5.41, 5.74) is 0. The SMILES string of the molecule is O=C(C1CCC(C2CNC3CCCNC3C2)CC1)N1CCN(C(=O)C2CCO2)CC1. The summed E-state index contributed by atoms with van der Waals surface area (Å²) < 4.78 is 5.32. The largest absolute Gasteiger partial charge is 0.368 e. The summed E-state index contributed by atoms with van der Waals surface area (Å²) in [4.78, 5) is 29.3. The molecule has 2 N–H and O–H groups in total. The second-order valence-corrected chi connectivity index (χ2v) is 10.1. The highest BCUT2D eigenvalue weighted by molar-refractivity contribution is 5.82. The Hall–Kier alpha value is -1.18. The maximum Gasteiger partial charge on any atom is 0.251 e. The van der Waals surface area contributed by atoms with Crippen LogP contribution in [0.25, 0.3) is 0 Å².